The molecule has 0 saturated carbocycles. The molecule has 1 aliphatic heterocycles. The Labute approximate surface area is 195 Å². The number of likely N-dealkylation sites (tertiary alicyclic amines) is 1. The molecular weight excluding hydrogens is 440 g/mol. The fraction of sp³-hybridized carbons (Fsp3) is 0.458. The zero-order valence-corrected chi connectivity index (χ0v) is 19.7. The third-order valence-corrected chi connectivity index (χ3v) is 8.34. The summed E-state index contributed by atoms with van der Waals surface area (Å²) >= 11 is 3.12. The first-order valence-electron chi connectivity index (χ1n) is 11.3. The summed E-state index contributed by atoms with van der Waals surface area (Å²) in [6, 6.07) is 8.52. The van der Waals surface area contributed by atoms with Gasteiger partial charge in [-0.05, 0) is 61.9 Å². The van der Waals surface area contributed by atoms with Crippen LogP contribution in [0.25, 0.3) is 10.2 Å². The molecule has 3 heterocycles. The summed E-state index contributed by atoms with van der Waals surface area (Å²) in [5.41, 5.74) is 3.59. The molecular formula is C24H28N4O2S2. The lowest BCUT2D eigenvalue weighted by Crippen LogP contribution is -2.24. The average Bonchev–Trinajstić information content (AvgIpc) is 3.51. The van der Waals surface area contributed by atoms with Gasteiger partial charge in [-0.2, -0.15) is 0 Å². The van der Waals surface area contributed by atoms with Gasteiger partial charge in [-0.25, -0.2) is 4.98 Å². The van der Waals surface area contributed by atoms with Crippen LogP contribution in [0.4, 0.5) is 0 Å². The third kappa shape index (κ3) is 4.92. The number of thiophene rings is 1. The van der Waals surface area contributed by atoms with E-state index in [1.165, 1.54) is 53.7 Å². The first-order valence-corrected chi connectivity index (χ1v) is 13.3. The summed E-state index contributed by atoms with van der Waals surface area (Å²) in [7, 11) is 0. The van der Waals surface area contributed by atoms with E-state index in [1.54, 1.807) is 11.3 Å². The van der Waals surface area contributed by atoms with E-state index >= 15 is 0 Å². The molecule has 2 N–H and O–H groups in total. The predicted octanol–water partition coefficient (Wildman–Crippen LogP) is 3.62. The highest BCUT2D eigenvalue weighted by molar-refractivity contribution is 7.99. The van der Waals surface area contributed by atoms with Gasteiger partial charge in [0.1, 0.15) is 10.7 Å². The Morgan fingerprint density at radius 1 is 1.12 bits per heavy atom. The minimum atomic E-state index is -0.0392. The largest absolute Gasteiger partial charge is 0.351 e. The summed E-state index contributed by atoms with van der Waals surface area (Å²) in [5, 5.41) is 3.76. The van der Waals surface area contributed by atoms with Crippen LogP contribution in [-0.4, -0.2) is 39.6 Å². The number of fused-ring (bicyclic) bond motifs is 3. The van der Waals surface area contributed by atoms with E-state index in [1.807, 2.05) is 0 Å². The minimum absolute atomic E-state index is 0.00494. The normalized spacial score (nSPS) is 16.0. The number of thioether (sulfide) groups is 1. The molecule has 8 heteroatoms. The van der Waals surface area contributed by atoms with Crippen molar-refractivity contribution in [2.45, 2.75) is 50.9 Å². The number of nitrogens with zero attached hydrogens (tertiary/aromatic N) is 2. The quantitative estimate of drug-likeness (QED) is 0.528. The van der Waals surface area contributed by atoms with E-state index in [0.29, 0.717) is 23.9 Å². The maximum atomic E-state index is 12.5. The zero-order valence-electron chi connectivity index (χ0n) is 18.1. The first kappa shape index (κ1) is 21.7. The van der Waals surface area contributed by atoms with Crippen LogP contribution in [0, 0.1) is 0 Å². The second-order valence-electron chi connectivity index (χ2n) is 8.62. The number of rotatable bonds is 8. The van der Waals surface area contributed by atoms with Crippen LogP contribution in [-0.2, 0) is 36.5 Å². The second kappa shape index (κ2) is 9.77. The summed E-state index contributed by atoms with van der Waals surface area (Å²) in [6.45, 7) is 3.94. The summed E-state index contributed by atoms with van der Waals surface area (Å²) < 4.78 is 0. The minimum Gasteiger partial charge on any atom is -0.351 e. The molecule has 1 aromatic carbocycles. The second-order valence-corrected chi connectivity index (χ2v) is 10.7. The van der Waals surface area contributed by atoms with E-state index in [0.717, 1.165) is 41.6 Å². The van der Waals surface area contributed by atoms with Gasteiger partial charge in [0.2, 0.25) is 5.91 Å². The molecule has 1 fully saturated rings. The number of aryl methyl sites for hydroxylation is 2. The van der Waals surface area contributed by atoms with Crippen molar-refractivity contribution in [1.29, 1.82) is 0 Å². The van der Waals surface area contributed by atoms with Crippen LogP contribution in [0.1, 0.15) is 46.7 Å². The maximum Gasteiger partial charge on any atom is 0.259 e. The number of hydrogen-bond acceptors (Lipinski definition) is 6. The van der Waals surface area contributed by atoms with E-state index < -0.39 is 0 Å². The van der Waals surface area contributed by atoms with E-state index in [-0.39, 0.29) is 11.5 Å². The van der Waals surface area contributed by atoms with Crippen LogP contribution in [0.5, 0.6) is 0 Å². The van der Waals surface area contributed by atoms with Gasteiger partial charge in [0.25, 0.3) is 5.56 Å². The number of H-pyrrole nitrogens is 1. The predicted molar refractivity (Wildman–Crippen MR) is 131 cm³/mol. The Balaban J connectivity index is 1.08. The summed E-state index contributed by atoms with van der Waals surface area (Å²) in [5.74, 6) is 1.51. The molecule has 0 bridgehead atoms. The van der Waals surface area contributed by atoms with Gasteiger partial charge in [0.15, 0.2) is 0 Å². The van der Waals surface area contributed by atoms with Gasteiger partial charge in [0.05, 0.1) is 16.9 Å². The molecule has 1 aliphatic carbocycles. The number of carbonyl (C=O) groups is 1. The van der Waals surface area contributed by atoms with Crippen LogP contribution in [0.2, 0.25) is 0 Å². The van der Waals surface area contributed by atoms with Crippen molar-refractivity contribution >= 4 is 39.2 Å². The van der Waals surface area contributed by atoms with Crippen LogP contribution < -0.4 is 10.9 Å². The van der Waals surface area contributed by atoms with E-state index in [9.17, 15) is 9.59 Å². The van der Waals surface area contributed by atoms with Crippen molar-refractivity contribution in [1.82, 2.24) is 20.2 Å². The zero-order chi connectivity index (χ0) is 21.9. The molecule has 0 spiro atoms. The molecule has 2 aromatic heterocycles. The molecule has 6 nitrogen and oxygen atoms in total. The maximum absolute atomic E-state index is 12.5. The van der Waals surface area contributed by atoms with Crippen molar-refractivity contribution in [2.75, 3.05) is 18.8 Å². The number of benzene rings is 1. The number of nitrogens with one attached hydrogen (secondary N) is 2. The van der Waals surface area contributed by atoms with Gasteiger partial charge >= 0.3 is 0 Å². The molecule has 2 aliphatic rings. The highest BCUT2D eigenvalue weighted by Crippen LogP contribution is 2.34. The Morgan fingerprint density at radius 2 is 1.91 bits per heavy atom. The van der Waals surface area contributed by atoms with Gasteiger partial charge in [-0.15, -0.1) is 23.1 Å². The molecule has 0 radical (unpaired) electrons. The third-order valence-electron chi connectivity index (χ3n) is 6.21. The molecule has 0 atom stereocenters. The Hall–Kier alpha value is -2.16. The summed E-state index contributed by atoms with van der Waals surface area (Å²) in [6.07, 6.45) is 5.78. The van der Waals surface area contributed by atoms with Crippen molar-refractivity contribution in [3.63, 3.8) is 0 Å². The SMILES string of the molecule is O=C(CSCc1nc2sc3c(c2c(=O)[nH]1)CCC3)NCc1ccc(CN2CCCC2)cc1. The van der Waals surface area contributed by atoms with Crippen molar-refractivity contribution < 1.29 is 4.79 Å². The average molecular weight is 469 g/mol. The molecule has 5 rings (SSSR count). The lowest BCUT2D eigenvalue weighted by molar-refractivity contribution is -0.118. The number of aromatic amines is 1. The number of hydrogen-bond donors (Lipinski definition) is 2. The number of carbonyl (C=O) groups excluding carboxylic acids is 1. The fourth-order valence-electron chi connectivity index (χ4n) is 4.57. The van der Waals surface area contributed by atoms with Gasteiger partial charge in [-0.1, -0.05) is 24.3 Å². The van der Waals surface area contributed by atoms with Crippen molar-refractivity contribution in [2.24, 2.45) is 0 Å². The van der Waals surface area contributed by atoms with Crippen molar-refractivity contribution in [3.05, 3.63) is 62.0 Å². The topological polar surface area (TPSA) is 78.1 Å². The van der Waals surface area contributed by atoms with E-state index in [2.05, 4.69) is 44.5 Å². The number of amides is 1. The molecule has 0 unspecified atom stereocenters. The fourth-order valence-corrected chi connectivity index (χ4v) is 6.57. The molecule has 32 heavy (non-hydrogen) atoms. The van der Waals surface area contributed by atoms with Gasteiger partial charge < -0.3 is 10.3 Å². The lowest BCUT2D eigenvalue weighted by Gasteiger charge is -2.14. The lowest BCUT2D eigenvalue weighted by atomic mass is 10.1. The first-order chi connectivity index (χ1) is 15.7. The standard InChI is InChI=1S/C24H28N4O2S2/c29-21(25-12-16-6-8-17(9-7-16)13-28-10-1-2-11-28)15-31-14-20-26-23(30)22-18-4-3-5-19(18)32-24(22)27-20/h6-9H,1-5,10-15H2,(H,25,29)(H,26,27,30). The highest BCUT2D eigenvalue weighted by atomic mass is 32.2. The Kier molecular flexibility index (Phi) is 6.62. The van der Waals surface area contributed by atoms with Gasteiger partial charge in [-0.3, -0.25) is 14.5 Å². The molecule has 3 aromatic rings. The Bertz CT molecular complexity index is 1160. The van der Waals surface area contributed by atoms with Crippen LogP contribution in [0.3, 0.4) is 0 Å². The molecule has 168 valence electrons. The van der Waals surface area contributed by atoms with Crippen molar-refractivity contribution in [3.8, 4) is 0 Å². The van der Waals surface area contributed by atoms with E-state index in [4.69, 9.17) is 0 Å². The van der Waals surface area contributed by atoms with Crippen LogP contribution in [0.15, 0.2) is 29.1 Å². The monoisotopic (exact) mass is 468 g/mol. The highest BCUT2D eigenvalue weighted by Gasteiger charge is 2.21. The number of aromatic nitrogens is 2. The Morgan fingerprint density at radius 3 is 2.72 bits per heavy atom. The van der Waals surface area contributed by atoms with Gasteiger partial charge in [0, 0.05) is 18.0 Å². The molecule has 1 amide bonds. The summed E-state index contributed by atoms with van der Waals surface area (Å²) in [4.78, 5) is 37.0. The van der Waals surface area contributed by atoms with Crippen LogP contribution >= 0.6 is 23.1 Å². The smallest absolute Gasteiger partial charge is 0.259 e. The molecule has 1 saturated heterocycles.